The van der Waals surface area contributed by atoms with Crippen LogP contribution < -0.4 is 10.6 Å². The molecule has 0 aliphatic rings. The molecule has 0 amide bonds. The molecule has 1 aromatic rings. The fourth-order valence-corrected chi connectivity index (χ4v) is 2.19. The number of nitrogens with zero attached hydrogens (tertiary/aromatic N) is 1. The Bertz CT molecular complexity index is 317. The fraction of sp³-hybridized carbons (Fsp3) is 0.615. The topological polar surface area (TPSA) is 36.4 Å². The summed E-state index contributed by atoms with van der Waals surface area (Å²) in [7, 11) is 1.81. The Kier molecular flexibility index (Phi) is 6.70. The van der Waals surface area contributed by atoms with Crippen LogP contribution in [0.4, 0.5) is 0 Å². The van der Waals surface area contributed by atoms with E-state index in [1.165, 1.54) is 18.4 Å². The smallest absolute Gasteiger partial charge is 0.191 e. The van der Waals surface area contributed by atoms with Gasteiger partial charge in [0.25, 0.3) is 0 Å². The van der Waals surface area contributed by atoms with Crippen LogP contribution >= 0.6 is 11.3 Å². The van der Waals surface area contributed by atoms with E-state index < -0.39 is 0 Å². The van der Waals surface area contributed by atoms with E-state index in [2.05, 4.69) is 46.3 Å². The van der Waals surface area contributed by atoms with Crippen molar-refractivity contribution in [3.63, 3.8) is 0 Å². The van der Waals surface area contributed by atoms with Crippen LogP contribution in [-0.2, 0) is 6.54 Å². The van der Waals surface area contributed by atoms with Crippen LogP contribution in [0.5, 0.6) is 0 Å². The average molecular weight is 253 g/mol. The summed E-state index contributed by atoms with van der Waals surface area (Å²) in [6.07, 6.45) is 2.45. The van der Waals surface area contributed by atoms with Crippen LogP contribution in [0.1, 0.15) is 32.3 Å². The lowest BCUT2D eigenvalue weighted by Crippen LogP contribution is -2.37. The lowest BCUT2D eigenvalue weighted by atomic mass is 10.1. The highest BCUT2D eigenvalue weighted by molar-refractivity contribution is 7.07. The Morgan fingerprint density at radius 2 is 2.24 bits per heavy atom. The summed E-state index contributed by atoms with van der Waals surface area (Å²) in [5, 5.41) is 10.9. The summed E-state index contributed by atoms with van der Waals surface area (Å²) in [6.45, 7) is 6.34. The Balaban J connectivity index is 2.16. The predicted molar refractivity (Wildman–Crippen MR) is 76.6 cm³/mol. The second-order valence-corrected chi connectivity index (χ2v) is 5.30. The molecular formula is C13H23N3S. The van der Waals surface area contributed by atoms with Gasteiger partial charge in [0.15, 0.2) is 5.96 Å². The van der Waals surface area contributed by atoms with Gasteiger partial charge in [-0.2, -0.15) is 11.3 Å². The first-order valence-corrected chi connectivity index (χ1v) is 7.12. The van der Waals surface area contributed by atoms with Crippen LogP contribution in [0.15, 0.2) is 21.8 Å². The minimum atomic E-state index is 0.776. The summed E-state index contributed by atoms with van der Waals surface area (Å²) in [5.74, 6) is 1.66. The molecule has 1 rings (SSSR count). The van der Waals surface area contributed by atoms with Crippen LogP contribution in [-0.4, -0.2) is 19.6 Å². The second-order valence-electron chi connectivity index (χ2n) is 4.52. The zero-order valence-corrected chi connectivity index (χ0v) is 11.8. The van der Waals surface area contributed by atoms with E-state index in [1.54, 1.807) is 11.3 Å². The van der Waals surface area contributed by atoms with Gasteiger partial charge in [-0.3, -0.25) is 4.99 Å². The van der Waals surface area contributed by atoms with Gasteiger partial charge in [-0.15, -0.1) is 0 Å². The van der Waals surface area contributed by atoms with Gasteiger partial charge < -0.3 is 10.6 Å². The van der Waals surface area contributed by atoms with Gasteiger partial charge in [-0.1, -0.05) is 13.8 Å². The molecule has 0 aromatic carbocycles. The molecule has 17 heavy (non-hydrogen) atoms. The molecule has 0 atom stereocenters. The molecule has 2 N–H and O–H groups in total. The second kappa shape index (κ2) is 8.12. The number of rotatable bonds is 6. The van der Waals surface area contributed by atoms with E-state index in [0.717, 1.165) is 25.0 Å². The molecular weight excluding hydrogens is 230 g/mol. The SMILES string of the molecule is CN=C(NCCCC(C)C)NCc1ccsc1. The molecule has 0 fully saturated rings. The molecule has 1 aromatic heterocycles. The number of hydrogen-bond acceptors (Lipinski definition) is 2. The third-order valence-electron chi connectivity index (χ3n) is 2.51. The molecule has 1 heterocycles. The van der Waals surface area contributed by atoms with Crippen LogP contribution in [0.3, 0.4) is 0 Å². The normalized spacial score (nSPS) is 11.9. The molecule has 0 radical (unpaired) electrons. The van der Waals surface area contributed by atoms with Crippen molar-refractivity contribution in [2.24, 2.45) is 10.9 Å². The maximum absolute atomic E-state index is 4.20. The number of nitrogens with one attached hydrogen (secondary N) is 2. The van der Waals surface area contributed by atoms with Crippen molar-refractivity contribution >= 4 is 17.3 Å². The number of thiophene rings is 1. The van der Waals surface area contributed by atoms with Gasteiger partial charge in [-0.05, 0) is 41.1 Å². The van der Waals surface area contributed by atoms with Crippen molar-refractivity contribution in [3.8, 4) is 0 Å². The summed E-state index contributed by atoms with van der Waals surface area (Å²) in [4.78, 5) is 4.20. The highest BCUT2D eigenvalue weighted by Gasteiger charge is 1.99. The van der Waals surface area contributed by atoms with Crippen molar-refractivity contribution in [1.29, 1.82) is 0 Å². The van der Waals surface area contributed by atoms with E-state index in [-0.39, 0.29) is 0 Å². The Hall–Kier alpha value is -1.03. The largest absolute Gasteiger partial charge is 0.356 e. The van der Waals surface area contributed by atoms with Crippen molar-refractivity contribution < 1.29 is 0 Å². The number of guanidine groups is 1. The first-order chi connectivity index (χ1) is 8.22. The first kappa shape index (κ1) is 14.0. The summed E-state index contributed by atoms with van der Waals surface area (Å²) < 4.78 is 0. The summed E-state index contributed by atoms with van der Waals surface area (Å²) in [5.41, 5.74) is 1.31. The third-order valence-corrected chi connectivity index (χ3v) is 3.25. The lowest BCUT2D eigenvalue weighted by Gasteiger charge is -2.11. The fourth-order valence-electron chi connectivity index (χ4n) is 1.52. The summed E-state index contributed by atoms with van der Waals surface area (Å²) >= 11 is 1.72. The van der Waals surface area contributed by atoms with Crippen molar-refractivity contribution in [1.82, 2.24) is 10.6 Å². The standard InChI is InChI=1S/C13H23N3S/c1-11(2)5-4-7-15-13(14-3)16-9-12-6-8-17-10-12/h6,8,10-11H,4-5,7,9H2,1-3H3,(H2,14,15,16). The molecule has 0 bridgehead atoms. The van der Waals surface area contributed by atoms with Crippen LogP contribution in [0.2, 0.25) is 0 Å². The third kappa shape index (κ3) is 6.31. The molecule has 0 aliphatic heterocycles. The molecule has 4 heteroatoms. The van der Waals surface area contributed by atoms with E-state index in [4.69, 9.17) is 0 Å². The average Bonchev–Trinajstić information content (AvgIpc) is 2.81. The van der Waals surface area contributed by atoms with Crippen molar-refractivity contribution in [2.45, 2.75) is 33.2 Å². The molecule has 3 nitrogen and oxygen atoms in total. The van der Waals surface area contributed by atoms with Crippen molar-refractivity contribution in [2.75, 3.05) is 13.6 Å². The molecule has 0 saturated carbocycles. The molecule has 96 valence electrons. The monoisotopic (exact) mass is 253 g/mol. The van der Waals surface area contributed by atoms with Gasteiger partial charge >= 0.3 is 0 Å². The number of aliphatic imine (C=N–C) groups is 1. The molecule has 0 spiro atoms. The number of hydrogen-bond donors (Lipinski definition) is 2. The zero-order valence-electron chi connectivity index (χ0n) is 11.0. The van der Waals surface area contributed by atoms with E-state index in [0.29, 0.717) is 0 Å². The maximum Gasteiger partial charge on any atom is 0.191 e. The van der Waals surface area contributed by atoms with Crippen molar-refractivity contribution in [3.05, 3.63) is 22.4 Å². The highest BCUT2D eigenvalue weighted by Crippen LogP contribution is 2.04. The van der Waals surface area contributed by atoms with Gasteiger partial charge in [-0.25, -0.2) is 0 Å². The quantitative estimate of drug-likeness (QED) is 0.465. The van der Waals surface area contributed by atoms with Crippen LogP contribution in [0, 0.1) is 5.92 Å². The van der Waals surface area contributed by atoms with E-state index in [1.807, 2.05) is 7.05 Å². The van der Waals surface area contributed by atoms with Crippen LogP contribution in [0.25, 0.3) is 0 Å². The van der Waals surface area contributed by atoms with Gasteiger partial charge in [0, 0.05) is 20.1 Å². The van der Waals surface area contributed by atoms with E-state index in [9.17, 15) is 0 Å². The zero-order chi connectivity index (χ0) is 12.5. The maximum atomic E-state index is 4.20. The molecule has 0 unspecified atom stereocenters. The van der Waals surface area contributed by atoms with Gasteiger partial charge in [0.2, 0.25) is 0 Å². The Morgan fingerprint density at radius 3 is 2.82 bits per heavy atom. The van der Waals surface area contributed by atoms with Gasteiger partial charge in [0.1, 0.15) is 0 Å². The Labute approximate surface area is 108 Å². The summed E-state index contributed by atoms with van der Waals surface area (Å²) in [6, 6.07) is 2.13. The Morgan fingerprint density at radius 1 is 1.41 bits per heavy atom. The van der Waals surface area contributed by atoms with E-state index >= 15 is 0 Å². The highest BCUT2D eigenvalue weighted by atomic mass is 32.1. The van der Waals surface area contributed by atoms with Gasteiger partial charge in [0.05, 0.1) is 0 Å². The first-order valence-electron chi connectivity index (χ1n) is 6.18. The molecule has 0 saturated heterocycles. The minimum Gasteiger partial charge on any atom is -0.356 e. The molecule has 0 aliphatic carbocycles. The predicted octanol–water partition coefficient (Wildman–Crippen LogP) is 2.85. The lowest BCUT2D eigenvalue weighted by molar-refractivity contribution is 0.549. The minimum absolute atomic E-state index is 0.776.